The summed E-state index contributed by atoms with van der Waals surface area (Å²) in [6.45, 7) is 2.78. The van der Waals surface area contributed by atoms with Gasteiger partial charge in [-0.05, 0) is 12.5 Å². The van der Waals surface area contributed by atoms with Crippen LogP contribution in [0.25, 0.3) is 21.3 Å². The van der Waals surface area contributed by atoms with Crippen molar-refractivity contribution in [3.05, 3.63) is 51.9 Å². The summed E-state index contributed by atoms with van der Waals surface area (Å²) >= 11 is 1.45. The molecule has 1 aliphatic rings. The molecule has 0 atom stereocenters. The Balaban J connectivity index is 1.39. The highest BCUT2D eigenvalue weighted by atomic mass is 32.1. The molecule has 0 bridgehead atoms. The summed E-state index contributed by atoms with van der Waals surface area (Å²) in [5.74, 6) is 2.47. The maximum Gasteiger partial charge on any atom is 0.262 e. The van der Waals surface area contributed by atoms with E-state index in [2.05, 4.69) is 26.4 Å². The Morgan fingerprint density at radius 1 is 1.26 bits per heavy atom. The Hall–Kier alpha value is -3.31. The normalized spacial score (nSPS) is 13.8. The van der Waals surface area contributed by atoms with Gasteiger partial charge in [-0.25, -0.2) is 4.98 Å². The molecule has 7 nitrogen and oxygen atoms in total. The molecule has 1 N–H and O–H groups in total. The van der Waals surface area contributed by atoms with Crippen molar-refractivity contribution in [3.8, 4) is 23.5 Å². The molecule has 31 heavy (non-hydrogen) atoms. The van der Waals surface area contributed by atoms with E-state index in [0.717, 1.165) is 16.7 Å². The zero-order valence-corrected chi connectivity index (χ0v) is 18.1. The van der Waals surface area contributed by atoms with E-state index in [4.69, 9.17) is 6.42 Å². The van der Waals surface area contributed by atoms with Gasteiger partial charge < -0.3 is 5.32 Å². The standard InChI is InChI=1S/C23H23N5O2S/c1-3-4-10-23(26-27-23)11-12-24-19(29)9-13-28-15-25-21-20(22(28)30)18(14-31-21)17-7-5-16(2)6-8-17/h1,5-8,14-15H,4,9-13H2,2H3,(H,24,29). The van der Waals surface area contributed by atoms with Crippen LogP contribution in [-0.2, 0) is 11.3 Å². The van der Waals surface area contributed by atoms with Gasteiger partial charge >= 0.3 is 0 Å². The van der Waals surface area contributed by atoms with Crippen LogP contribution < -0.4 is 10.9 Å². The number of rotatable bonds is 9. The lowest BCUT2D eigenvalue weighted by Crippen LogP contribution is -2.30. The fourth-order valence-electron chi connectivity index (χ4n) is 3.45. The van der Waals surface area contributed by atoms with Crippen molar-refractivity contribution in [3.63, 3.8) is 0 Å². The molecule has 8 heteroatoms. The number of fused-ring (bicyclic) bond motifs is 1. The lowest BCUT2D eigenvalue weighted by atomic mass is 10.0. The molecule has 0 spiro atoms. The highest BCUT2D eigenvalue weighted by Crippen LogP contribution is 2.36. The number of hydrogen-bond acceptors (Lipinski definition) is 6. The van der Waals surface area contributed by atoms with Gasteiger partial charge in [-0.1, -0.05) is 29.8 Å². The van der Waals surface area contributed by atoms with Gasteiger partial charge in [0.1, 0.15) is 4.83 Å². The Kier molecular flexibility index (Phi) is 5.96. The molecule has 2 aromatic heterocycles. The van der Waals surface area contributed by atoms with Crippen LogP contribution in [0.1, 0.15) is 31.2 Å². The molecule has 0 saturated carbocycles. The molecular formula is C23H23N5O2S. The van der Waals surface area contributed by atoms with Gasteiger partial charge in [0.15, 0.2) is 5.66 Å². The largest absolute Gasteiger partial charge is 0.356 e. The predicted molar refractivity (Wildman–Crippen MR) is 122 cm³/mol. The fraction of sp³-hybridized carbons (Fsp3) is 0.348. The predicted octanol–water partition coefficient (Wildman–Crippen LogP) is 3.91. The number of amides is 1. The fourth-order valence-corrected chi connectivity index (χ4v) is 4.36. The topological polar surface area (TPSA) is 88.7 Å². The summed E-state index contributed by atoms with van der Waals surface area (Å²) in [6.07, 6.45) is 8.97. The van der Waals surface area contributed by atoms with Crippen LogP contribution in [0.4, 0.5) is 0 Å². The third kappa shape index (κ3) is 4.72. The molecular weight excluding hydrogens is 410 g/mol. The van der Waals surface area contributed by atoms with E-state index in [1.807, 2.05) is 36.6 Å². The zero-order chi connectivity index (χ0) is 21.8. The number of nitrogens with zero attached hydrogens (tertiary/aromatic N) is 4. The summed E-state index contributed by atoms with van der Waals surface area (Å²) in [6, 6.07) is 8.07. The maximum atomic E-state index is 13.1. The monoisotopic (exact) mass is 433 g/mol. The average molecular weight is 434 g/mol. The lowest BCUT2D eigenvalue weighted by Gasteiger charge is -2.10. The van der Waals surface area contributed by atoms with Gasteiger partial charge in [0.2, 0.25) is 5.91 Å². The van der Waals surface area contributed by atoms with E-state index in [1.54, 1.807) is 0 Å². The number of aromatic nitrogens is 2. The first-order chi connectivity index (χ1) is 15.0. The second-order valence-corrected chi connectivity index (χ2v) is 8.53. The minimum atomic E-state index is -0.406. The minimum Gasteiger partial charge on any atom is -0.356 e. The maximum absolute atomic E-state index is 13.1. The highest BCUT2D eigenvalue weighted by molar-refractivity contribution is 7.17. The third-order valence-electron chi connectivity index (χ3n) is 5.40. The second-order valence-electron chi connectivity index (χ2n) is 7.68. The molecule has 0 saturated heterocycles. The molecule has 1 aromatic carbocycles. The zero-order valence-electron chi connectivity index (χ0n) is 17.3. The number of nitrogens with one attached hydrogen (secondary N) is 1. The second kappa shape index (κ2) is 8.82. The van der Waals surface area contributed by atoms with Crippen molar-refractivity contribution in [2.45, 2.75) is 44.8 Å². The SMILES string of the molecule is C#CCCC1(CCNC(=O)CCn2cnc3scc(-c4ccc(C)cc4)c3c2=O)N=N1. The van der Waals surface area contributed by atoms with E-state index in [0.29, 0.717) is 36.0 Å². The first-order valence-corrected chi connectivity index (χ1v) is 11.1. The molecule has 3 aromatic rings. The van der Waals surface area contributed by atoms with E-state index in [9.17, 15) is 9.59 Å². The minimum absolute atomic E-state index is 0.121. The van der Waals surface area contributed by atoms with Crippen molar-refractivity contribution < 1.29 is 4.79 Å². The molecule has 4 rings (SSSR count). The molecule has 3 heterocycles. The average Bonchev–Trinajstić information content (AvgIpc) is 3.40. The Morgan fingerprint density at radius 3 is 2.74 bits per heavy atom. The summed E-state index contributed by atoms with van der Waals surface area (Å²) in [7, 11) is 0. The van der Waals surface area contributed by atoms with Crippen LogP contribution in [0.15, 0.2) is 51.0 Å². The van der Waals surface area contributed by atoms with Crippen LogP contribution in [0.3, 0.4) is 0 Å². The van der Waals surface area contributed by atoms with Crippen LogP contribution in [-0.4, -0.2) is 27.7 Å². The third-order valence-corrected chi connectivity index (χ3v) is 6.29. The van der Waals surface area contributed by atoms with Crippen LogP contribution in [0.5, 0.6) is 0 Å². The van der Waals surface area contributed by atoms with Gasteiger partial charge in [0.25, 0.3) is 5.56 Å². The molecule has 0 fully saturated rings. The van der Waals surface area contributed by atoms with E-state index < -0.39 is 5.66 Å². The van der Waals surface area contributed by atoms with E-state index in [1.165, 1.54) is 22.2 Å². The van der Waals surface area contributed by atoms with Gasteiger partial charge in [-0.3, -0.25) is 14.2 Å². The number of aryl methyl sites for hydroxylation is 2. The quantitative estimate of drug-likeness (QED) is 0.519. The first kappa shape index (κ1) is 20.9. The smallest absolute Gasteiger partial charge is 0.262 e. The summed E-state index contributed by atoms with van der Waals surface area (Å²) in [5.41, 5.74) is 2.50. The van der Waals surface area contributed by atoms with E-state index in [-0.39, 0.29) is 24.4 Å². The number of carbonyl (C=O) groups is 1. The molecule has 0 radical (unpaired) electrons. The number of carbonyl (C=O) groups excluding carboxylic acids is 1. The van der Waals surface area contributed by atoms with Crippen LogP contribution in [0.2, 0.25) is 0 Å². The van der Waals surface area contributed by atoms with Gasteiger partial charge in [0.05, 0.1) is 11.7 Å². The van der Waals surface area contributed by atoms with Crippen molar-refractivity contribution in [1.82, 2.24) is 14.9 Å². The highest BCUT2D eigenvalue weighted by Gasteiger charge is 2.38. The molecule has 0 aliphatic carbocycles. The number of thiophene rings is 1. The van der Waals surface area contributed by atoms with Crippen molar-refractivity contribution in [1.29, 1.82) is 0 Å². The van der Waals surface area contributed by atoms with Gasteiger partial charge in [-0.2, -0.15) is 10.2 Å². The van der Waals surface area contributed by atoms with Crippen LogP contribution in [0, 0.1) is 19.3 Å². The van der Waals surface area contributed by atoms with Crippen molar-refractivity contribution in [2.75, 3.05) is 6.54 Å². The Morgan fingerprint density at radius 2 is 2.03 bits per heavy atom. The Labute approximate surface area is 184 Å². The molecule has 1 aliphatic heterocycles. The first-order valence-electron chi connectivity index (χ1n) is 10.2. The molecule has 158 valence electrons. The Bertz CT molecular complexity index is 1230. The van der Waals surface area contributed by atoms with E-state index >= 15 is 0 Å². The number of hydrogen-bond donors (Lipinski definition) is 1. The summed E-state index contributed by atoms with van der Waals surface area (Å²) < 4.78 is 1.51. The van der Waals surface area contributed by atoms with Crippen LogP contribution >= 0.6 is 11.3 Å². The lowest BCUT2D eigenvalue weighted by molar-refractivity contribution is -0.121. The van der Waals surface area contributed by atoms with Gasteiger partial charge in [-0.15, -0.1) is 23.7 Å². The molecule has 0 unspecified atom stereocenters. The number of terminal acetylenes is 1. The van der Waals surface area contributed by atoms with Gasteiger partial charge in [0, 0.05) is 49.7 Å². The summed E-state index contributed by atoms with van der Waals surface area (Å²) in [5, 5.41) is 13.6. The van der Waals surface area contributed by atoms with Crippen molar-refractivity contribution >= 4 is 27.5 Å². The number of benzene rings is 1. The summed E-state index contributed by atoms with van der Waals surface area (Å²) in [4.78, 5) is 30.4. The molecule has 1 amide bonds. The van der Waals surface area contributed by atoms with Crippen molar-refractivity contribution in [2.24, 2.45) is 10.2 Å².